The summed E-state index contributed by atoms with van der Waals surface area (Å²) in [6, 6.07) is 9.21. The van der Waals surface area contributed by atoms with Crippen molar-refractivity contribution in [1.29, 1.82) is 0 Å². The molecule has 0 saturated heterocycles. The fraction of sp³-hybridized carbons (Fsp3) is 0.294. The molecule has 0 atom stereocenters. The Kier molecular flexibility index (Phi) is 4.78. The standard InChI is InChI=1S/C17H20N6O2/c1-3-21(4-2)14-7-5-13(6-8-14)20-16(24)11-22-17(25)15-9-10-18-23(15)12-19-22/h5-10,12H,3-4,11H2,1-2H3,(H,20,24). The van der Waals surface area contributed by atoms with E-state index in [1.165, 1.54) is 17.0 Å². The zero-order valence-corrected chi connectivity index (χ0v) is 14.2. The Morgan fingerprint density at radius 2 is 1.84 bits per heavy atom. The van der Waals surface area contributed by atoms with Gasteiger partial charge in [0.05, 0.1) is 6.20 Å². The Labute approximate surface area is 144 Å². The minimum atomic E-state index is -0.355. The smallest absolute Gasteiger partial charge is 0.293 e. The summed E-state index contributed by atoms with van der Waals surface area (Å²) < 4.78 is 2.50. The fourth-order valence-corrected chi connectivity index (χ4v) is 2.67. The van der Waals surface area contributed by atoms with Crippen LogP contribution in [0.2, 0.25) is 0 Å². The quantitative estimate of drug-likeness (QED) is 0.733. The normalized spacial score (nSPS) is 10.8. The van der Waals surface area contributed by atoms with Crippen LogP contribution in [0.5, 0.6) is 0 Å². The second kappa shape index (κ2) is 7.16. The topological polar surface area (TPSA) is 84.5 Å². The van der Waals surface area contributed by atoms with E-state index >= 15 is 0 Å². The molecular weight excluding hydrogens is 320 g/mol. The van der Waals surface area contributed by atoms with Gasteiger partial charge in [-0.15, -0.1) is 0 Å². The number of benzene rings is 1. The molecule has 1 amide bonds. The van der Waals surface area contributed by atoms with Crippen LogP contribution in [-0.2, 0) is 11.3 Å². The highest BCUT2D eigenvalue weighted by atomic mass is 16.2. The highest BCUT2D eigenvalue weighted by molar-refractivity contribution is 5.90. The summed E-state index contributed by atoms with van der Waals surface area (Å²) in [7, 11) is 0. The van der Waals surface area contributed by atoms with E-state index in [0.29, 0.717) is 11.2 Å². The van der Waals surface area contributed by atoms with Crippen LogP contribution < -0.4 is 15.8 Å². The third-order valence-electron chi connectivity index (χ3n) is 4.00. The Balaban J connectivity index is 1.69. The lowest BCUT2D eigenvalue weighted by Gasteiger charge is -2.21. The van der Waals surface area contributed by atoms with Crippen molar-refractivity contribution in [2.24, 2.45) is 0 Å². The van der Waals surface area contributed by atoms with Crippen molar-refractivity contribution >= 4 is 22.8 Å². The first-order chi connectivity index (χ1) is 12.1. The molecule has 1 N–H and O–H groups in total. The van der Waals surface area contributed by atoms with Gasteiger partial charge in [0.2, 0.25) is 5.91 Å². The minimum absolute atomic E-state index is 0.154. The highest BCUT2D eigenvalue weighted by Crippen LogP contribution is 2.17. The summed E-state index contributed by atoms with van der Waals surface area (Å²) in [5.41, 5.74) is 1.81. The molecule has 0 unspecified atom stereocenters. The van der Waals surface area contributed by atoms with Crippen molar-refractivity contribution in [3.05, 3.63) is 53.2 Å². The first-order valence-electron chi connectivity index (χ1n) is 8.16. The van der Waals surface area contributed by atoms with Crippen LogP contribution in [0.1, 0.15) is 13.8 Å². The van der Waals surface area contributed by atoms with Crippen LogP contribution in [0.15, 0.2) is 47.7 Å². The predicted molar refractivity (Wildman–Crippen MR) is 95.9 cm³/mol. The molecule has 0 aliphatic heterocycles. The maximum Gasteiger partial charge on any atom is 0.293 e. The molecule has 0 radical (unpaired) electrons. The zero-order chi connectivity index (χ0) is 17.8. The molecule has 8 nitrogen and oxygen atoms in total. The van der Waals surface area contributed by atoms with Crippen LogP contribution in [0.4, 0.5) is 11.4 Å². The maximum absolute atomic E-state index is 12.2. The van der Waals surface area contributed by atoms with Crippen LogP contribution >= 0.6 is 0 Å². The summed E-state index contributed by atoms with van der Waals surface area (Å²) in [5.74, 6) is -0.311. The molecule has 0 aliphatic carbocycles. The van der Waals surface area contributed by atoms with Crippen LogP contribution in [0.3, 0.4) is 0 Å². The lowest BCUT2D eigenvalue weighted by atomic mass is 10.2. The molecule has 0 bridgehead atoms. The molecule has 2 aromatic heterocycles. The van der Waals surface area contributed by atoms with E-state index in [-0.39, 0.29) is 18.0 Å². The summed E-state index contributed by atoms with van der Waals surface area (Å²) in [6.07, 6.45) is 2.92. The monoisotopic (exact) mass is 340 g/mol. The molecule has 130 valence electrons. The van der Waals surface area contributed by atoms with E-state index < -0.39 is 0 Å². The number of hydrogen-bond donors (Lipinski definition) is 1. The predicted octanol–water partition coefficient (Wildman–Crippen LogP) is 1.38. The van der Waals surface area contributed by atoms with Crippen molar-refractivity contribution in [3.63, 3.8) is 0 Å². The van der Waals surface area contributed by atoms with Gasteiger partial charge in [-0.1, -0.05) is 0 Å². The lowest BCUT2D eigenvalue weighted by Crippen LogP contribution is -2.30. The van der Waals surface area contributed by atoms with Gasteiger partial charge in [0.1, 0.15) is 18.4 Å². The van der Waals surface area contributed by atoms with E-state index in [1.807, 2.05) is 24.3 Å². The SMILES string of the molecule is CCN(CC)c1ccc(NC(=O)Cn2ncn3nccc3c2=O)cc1. The Morgan fingerprint density at radius 1 is 1.12 bits per heavy atom. The number of amides is 1. The number of aromatic nitrogens is 4. The number of carbonyl (C=O) groups excluding carboxylic acids is 1. The largest absolute Gasteiger partial charge is 0.372 e. The first-order valence-corrected chi connectivity index (χ1v) is 8.16. The van der Waals surface area contributed by atoms with Crippen LogP contribution in [-0.4, -0.2) is 38.4 Å². The molecule has 8 heteroatoms. The molecule has 2 heterocycles. The summed E-state index contributed by atoms with van der Waals surface area (Å²) in [6.45, 7) is 5.89. The average molecular weight is 340 g/mol. The molecule has 0 fully saturated rings. The van der Waals surface area contributed by atoms with Crippen molar-refractivity contribution in [3.8, 4) is 0 Å². The Bertz CT molecular complexity index is 924. The molecular formula is C17H20N6O2. The maximum atomic E-state index is 12.2. The van der Waals surface area contributed by atoms with Gasteiger partial charge in [0.15, 0.2) is 0 Å². The third-order valence-corrected chi connectivity index (χ3v) is 4.00. The van der Waals surface area contributed by atoms with Gasteiger partial charge >= 0.3 is 0 Å². The van der Waals surface area contributed by atoms with Gasteiger partial charge in [-0.2, -0.15) is 10.2 Å². The first kappa shape index (κ1) is 16.7. The van der Waals surface area contributed by atoms with Gasteiger partial charge in [0, 0.05) is 24.5 Å². The van der Waals surface area contributed by atoms with E-state index in [9.17, 15) is 9.59 Å². The van der Waals surface area contributed by atoms with Crippen LogP contribution in [0, 0.1) is 0 Å². The minimum Gasteiger partial charge on any atom is -0.372 e. The average Bonchev–Trinajstić information content (AvgIpc) is 3.09. The van der Waals surface area contributed by atoms with Gasteiger partial charge in [-0.05, 0) is 44.2 Å². The fourth-order valence-electron chi connectivity index (χ4n) is 2.67. The number of carbonyl (C=O) groups is 1. The molecule has 3 aromatic rings. The Hall–Kier alpha value is -3.16. The van der Waals surface area contributed by atoms with Crippen molar-refractivity contribution in [1.82, 2.24) is 19.4 Å². The van der Waals surface area contributed by atoms with Crippen molar-refractivity contribution in [2.45, 2.75) is 20.4 Å². The third kappa shape index (κ3) is 3.52. The number of nitrogens with one attached hydrogen (secondary N) is 1. The molecule has 0 spiro atoms. The van der Waals surface area contributed by atoms with E-state index in [2.05, 4.69) is 34.3 Å². The van der Waals surface area contributed by atoms with Gasteiger partial charge < -0.3 is 10.2 Å². The summed E-state index contributed by atoms with van der Waals surface area (Å²) in [4.78, 5) is 26.6. The molecule has 0 aliphatic rings. The summed E-state index contributed by atoms with van der Waals surface area (Å²) >= 11 is 0. The van der Waals surface area contributed by atoms with E-state index in [1.54, 1.807) is 6.07 Å². The number of hydrogen-bond acceptors (Lipinski definition) is 5. The number of fused-ring (bicyclic) bond motifs is 1. The molecule has 0 saturated carbocycles. The molecule has 1 aromatic carbocycles. The summed E-state index contributed by atoms with van der Waals surface area (Å²) in [5, 5.41) is 10.7. The van der Waals surface area contributed by atoms with Gasteiger partial charge in [0.25, 0.3) is 5.56 Å². The molecule has 3 rings (SSSR count). The number of anilines is 2. The number of rotatable bonds is 6. The second-order valence-electron chi connectivity index (χ2n) is 5.52. The number of nitrogens with zero attached hydrogens (tertiary/aromatic N) is 5. The zero-order valence-electron chi connectivity index (χ0n) is 14.2. The van der Waals surface area contributed by atoms with Gasteiger partial charge in [-0.3, -0.25) is 9.59 Å². The second-order valence-corrected chi connectivity index (χ2v) is 5.52. The molecule has 25 heavy (non-hydrogen) atoms. The van der Waals surface area contributed by atoms with Crippen molar-refractivity contribution < 1.29 is 4.79 Å². The Morgan fingerprint density at radius 3 is 2.52 bits per heavy atom. The lowest BCUT2D eigenvalue weighted by molar-refractivity contribution is -0.117. The van der Waals surface area contributed by atoms with Gasteiger partial charge in [-0.25, -0.2) is 9.20 Å². The highest BCUT2D eigenvalue weighted by Gasteiger charge is 2.10. The van der Waals surface area contributed by atoms with E-state index in [0.717, 1.165) is 23.5 Å². The van der Waals surface area contributed by atoms with E-state index in [4.69, 9.17) is 0 Å². The van der Waals surface area contributed by atoms with Crippen molar-refractivity contribution in [2.75, 3.05) is 23.3 Å². The van der Waals surface area contributed by atoms with Crippen LogP contribution in [0.25, 0.3) is 5.52 Å².